The monoisotopic (exact) mass is 471 g/mol. The van der Waals surface area contributed by atoms with Crippen molar-refractivity contribution in [1.29, 1.82) is 0 Å². The average Bonchev–Trinajstić information content (AvgIpc) is 2.71. The molecule has 0 radical (unpaired) electrons. The maximum absolute atomic E-state index is 14.0. The third kappa shape index (κ3) is 4.61. The van der Waals surface area contributed by atoms with Crippen LogP contribution in [0.5, 0.6) is 11.5 Å². The molecule has 1 N–H and O–H groups in total. The third-order valence-corrected chi connectivity index (χ3v) is 8.39. The molecule has 4 aliphatic rings. The van der Waals surface area contributed by atoms with E-state index in [1.165, 1.54) is 44.6 Å². The molecule has 2 aromatic rings. The van der Waals surface area contributed by atoms with E-state index >= 15 is 0 Å². The minimum atomic E-state index is -0.277. The fourth-order valence-corrected chi connectivity index (χ4v) is 8.01. The summed E-state index contributed by atoms with van der Waals surface area (Å²) in [7, 11) is 0. The molecule has 4 aliphatic carbocycles. The lowest BCUT2D eigenvalue weighted by atomic mass is 9.43. The van der Waals surface area contributed by atoms with Gasteiger partial charge in [0, 0.05) is 28.7 Å². The van der Waals surface area contributed by atoms with Gasteiger partial charge in [0.2, 0.25) is 0 Å². The van der Waals surface area contributed by atoms with E-state index in [-0.39, 0.29) is 18.0 Å². The first kappa shape index (κ1) is 23.0. The molecule has 33 heavy (non-hydrogen) atoms. The Morgan fingerprint density at radius 1 is 0.970 bits per heavy atom. The maximum atomic E-state index is 14.0. The highest BCUT2D eigenvalue weighted by Gasteiger charge is 2.59. The van der Waals surface area contributed by atoms with E-state index in [9.17, 15) is 4.39 Å². The van der Waals surface area contributed by atoms with Gasteiger partial charge in [0.25, 0.3) is 0 Å². The smallest absolute Gasteiger partial charge is 0.163 e. The summed E-state index contributed by atoms with van der Waals surface area (Å²) in [6, 6.07) is 10.4. The second-order valence-electron chi connectivity index (χ2n) is 11.5. The van der Waals surface area contributed by atoms with Gasteiger partial charge in [0.1, 0.15) is 12.4 Å². The highest BCUT2D eigenvalue weighted by Crippen LogP contribution is 2.66. The van der Waals surface area contributed by atoms with Crippen LogP contribution in [0.1, 0.15) is 70.4 Å². The van der Waals surface area contributed by atoms with E-state index in [4.69, 9.17) is 21.1 Å². The standard InChI is InChI=1S/C28H35ClFNO2/c1-4-32-24-9-21(22(29)10-25(24)33-15-20-7-5-6-8-23(20)30)14-31-28-13-19-11-26(2,17-28)16-27(3,12-19)18-28/h5-10,19,31H,4,11-18H2,1-3H3. The van der Waals surface area contributed by atoms with E-state index < -0.39 is 0 Å². The lowest BCUT2D eigenvalue weighted by molar-refractivity contribution is -0.118. The molecule has 178 valence electrons. The fourth-order valence-electron chi connectivity index (χ4n) is 7.79. The van der Waals surface area contributed by atoms with Crippen molar-refractivity contribution in [2.75, 3.05) is 6.61 Å². The first-order chi connectivity index (χ1) is 15.7. The van der Waals surface area contributed by atoms with Crippen LogP contribution in [0, 0.1) is 22.6 Å². The van der Waals surface area contributed by atoms with Crippen LogP contribution < -0.4 is 14.8 Å². The normalized spacial score (nSPS) is 32.2. The van der Waals surface area contributed by atoms with Gasteiger partial charge in [0.15, 0.2) is 11.5 Å². The molecule has 2 aromatic carbocycles. The van der Waals surface area contributed by atoms with Crippen LogP contribution in [-0.2, 0) is 13.2 Å². The molecule has 6 rings (SSSR count). The number of hydrogen-bond acceptors (Lipinski definition) is 3. The Hall–Kier alpha value is -1.78. The van der Waals surface area contributed by atoms with Gasteiger partial charge in [-0.2, -0.15) is 0 Å². The molecule has 4 saturated carbocycles. The molecular weight excluding hydrogens is 437 g/mol. The first-order valence-corrected chi connectivity index (χ1v) is 12.6. The molecule has 3 nitrogen and oxygen atoms in total. The van der Waals surface area contributed by atoms with Crippen LogP contribution in [0.15, 0.2) is 36.4 Å². The van der Waals surface area contributed by atoms with Gasteiger partial charge < -0.3 is 14.8 Å². The summed E-state index contributed by atoms with van der Waals surface area (Å²) in [4.78, 5) is 0. The van der Waals surface area contributed by atoms with Gasteiger partial charge in [-0.25, -0.2) is 4.39 Å². The molecule has 5 heteroatoms. The summed E-state index contributed by atoms with van der Waals surface area (Å²) in [6.45, 7) is 8.30. The van der Waals surface area contributed by atoms with Crippen molar-refractivity contribution in [2.45, 2.75) is 78.0 Å². The average molecular weight is 472 g/mol. The summed E-state index contributed by atoms with van der Waals surface area (Å²) in [6.07, 6.45) is 7.92. The fraction of sp³-hybridized carbons (Fsp3) is 0.571. The van der Waals surface area contributed by atoms with Crippen molar-refractivity contribution in [3.05, 3.63) is 58.4 Å². The van der Waals surface area contributed by atoms with Crippen molar-refractivity contribution in [3.63, 3.8) is 0 Å². The number of ether oxygens (including phenoxy) is 2. The molecule has 2 unspecified atom stereocenters. The van der Waals surface area contributed by atoms with Crippen LogP contribution in [0.2, 0.25) is 5.02 Å². The summed E-state index contributed by atoms with van der Waals surface area (Å²) in [5.74, 6) is 1.76. The Bertz CT molecular complexity index is 1020. The molecule has 0 aliphatic heterocycles. The number of rotatable bonds is 8. The molecule has 4 bridgehead atoms. The second kappa shape index (κ2) is 8.46. The highest BCUT2D eigenvalue weighted by atomic mass is 35.5. The van der Waals surface area contributed by atoms with Crippen LogP contribution in [0.3, 0.4) is 0 Å². The lowest BCUT2D eigenvalue weighted by Crippen LogP contribution is -2.63. The van der Waals surface area contributed by atoms with Crippen molar-refractivity contribution >= 4 is 11.6 Å². The van der Waals surface area contributed by atoms with E-state index in [0.29, 0.717) is 46.1 Å². The zero-order valence-electron chi connectivity index (χ0n) is 20.0. The van der Waals surface area contributed by atoms with E-state index in [1.54, 1.807) is 18.2 Å². The zero-order chi connectivity index (χ0) is 23.3. The summed E-state index contributed by atoms with van der Waals surface area (Å²) in [5.41, 5.74) is 2.66. The maximum Gasteiger partial charge on any atom is 0.163 e. The lowest BCUT2D eigenvalue weighted by Gasteiger charge is -2.65. The second-order valence-corrected chi connectivity index (χ2v) is 11.9. The molecular formula is C28H35ClFNO2. The summed E-state index contributed by atoms with van der Waals surface area (Å²) >= 11 is 6.71. The minimum Gasteiger partial charge on any atom is -0.490 e. The summed E-state index contributed by atoms with van der Waals surface area (Å²) < 4.78 is 25.8. The molecule has 4 fully saturated rings. The van der Waals surface area contributed by atoms with E-state index in [0.717, 1.165) is 11.5 Å². The summed E-state index contributed by atoms with van der Waals surface area (Å²) in [5, 5.41) is 4.61. The van der Waals surface area contributed by atoms with Crippen molar-refractivity contribution in [3.8, 4) is 11.5 Å². The van der Waals surface area contributed by atoms with Gasteiger partial charge in [0.05, 0.1) is 6.61 Å². The SMILES string of the molecule is CCOc1cc(CNC23CC4CC(C)(CC(C)(C4)C2)C3)c(Cl)cc1OCc1ccccc1F. The number of halogens is 2. The Balaban J connectivity index is 1.33. The Kier molecular flexibility index (Phi) is 5.89. The number of hydrogen-bond donors (Lipinski definition) is 1. The van der Waals surface area contributed by atoms with Crippen LogP contribution in [0.4, 0.5) is 4.39 Å². The highest BCUT2D eigenvalue weighted by molar-refractivity contribution is 6.31. The largest absolute Gasteiger partial charge is 0.490 e. The van der Waals surface area contributed by atoms with E-state index in [1.807, 2.05) is 19.1 Å². The van der Waals surface area contributed by atoms with Gasteiger partial charge in [-0.3, -0.25) is 0 Å². The molecule has 2 atom stereocenters. The zero-order valence-corrected chi connectivity index (χ0v) is 20.7. The van der Waals surface area contributed by atoms with Gasteiger partial charge in [-0.1, -0.05) is 43.6 Å². The quantitative estimate of drug-likeness (QED) is 0.438. The Morgan fingerprint density at radius 3 is 2.33 bits per heavy atom. The Morgan fingerprint density at radius 2 is 1.67 bits per heavy atom. The van der Waals surface area contributed by atoms with Gasteiger partial charge in [-0.05, 0) is 79.9 Å². The first-order valence-electron chi connectivity index (χ1n) is 12.3. The molecule has 0 amide bonds. The molecule has 0 spiro atoms. The molecule has 0 heterocycles. The van der Waals surface area contributed by atoms with Crippen molar-refractivity contribution in [2.24, 2.45) is 16.7 Å². The molecule has 0 aromatic heterocycles. The van der Waals surface area contributed by atoms with Crippen LogP contribution in [0.25, 0.3) is 0 Å². The van der Waals surface area contributed by atoms with Crippen LogP contribution >= 0.6 is 11.6 Å². The van der Waals surface area contributed by atoms with E-state index in [2.05, 4.69) is 19.2 Å². The topological polar surface area (TPSA) is 30.5 Å². The Labute approximate surface area is 202 Å². The van der Waals surface area contributed by atoms with Gasteiger partial charge in [-0.15, -0.1) is 0 Å². The van der Waals surface area contributed by atoms with Gasteiger partial charge >= 0.3 is 0 Å². The number of nitrogens with one attached hydrogen (secondary N) is 1. The van der Waals surface area contributed by atoms with Crippen molar-refractivity contribution in [1.82, 2.24) is 5.32 Å². The predicted molar refractivity (Wildman–Crippen MR) is 130 cm³/mol. The molecule has 0 saturated heterocycles. The minimum absolute atomic E-state index is 0.127. The predicted octanol–water partition coefficient (Wildman–Crippen LogP) is 7.30. The van der Waals surface area contributed by atoms with Crippen molar-refractivity contribution < 1.29 is 13.9 Å². The van der Waals surface area contributed by atoms with Crippen LogP contribution in [-0.4, -0.2) is 12.1 Å². The number of benzene rings is 2. The third-order valence-electron chi connectivity index (χ3n) is 8.03.